The Morgan fingerprint density at radius 2 is 1.69 bits per heavy atom. The van der Waals surface area contributed by atoms with Gasteiger partial charge in [0.1, 0.15) is 11.6 Å². The van der Waals surface area contributed by atoms with Gasteiger partial charge in [-0.15, -0.1) is 0 Å². The Hall–Kier alpha value is -3.78. The number of Topliss-reactive ketones (excluding diaryl/α,β-unsaturated/α-hetero) is 1. The smallest absolute Gasteiger partial charge is 0.258 e. The van der Waals surface area contributed by atoms with E-state index in [9.17, 15) is 19.2 Å². The summed E-state index contributed by atoms with van der Waals surface area (Å²) in [5, 5.41) is 11.4. The van der Waals surface area contributed by atoms with E-state index in [1.807, 2.05) is 18.2 Å². The summed E-state index contributed by atoms with van der Waals surface area (Å²) >= 11 is 0. The Labute approximate surface area is 203 Å². The molecule has 0 N–H and O–H groups in total. The molecule has 0 radical (unpaired) electrons. The van der Waals surface area contributed by atoms with Gasteiger partial charge in [-0.2, -0.15) is 4.73 Å². The number of methoxy groups -OCH3 is 1. The van der Waals surface area contributed by atoms with Gasteiger partial charge in [0.25, 0.3) is 5.91 Å². The van der Waals surface area contributed by atoms with Crippen LogP contribution in [0.1, 0.15) is 33.6 Å². The number of nitrogens with zero attached hydrogens (tertiary/aromatic N) is 3. The Balaban J connectivity index is 1.42. The lowest BCUT2D eigenvalue weighted by atomic mass is 9.89. The molecule has 1 aromatic heterocycles. The lowest BCUT2D eigenvalue weighted by molar-refractivity contribution is -0.605. The first-order valence-electron chi connectivity index (χ1n) is 11.6. The molecule has 182 valence electrons. The first kappa shape index (κ1) is 24.3. The lowest BCUT2D eigenvalue weighted by Crippen LogP contribution is -2.43. The number of halogens is 1. The Morgan fingerprint density at radius 1 is 1.03 bits per heavy atom. The monoisotopic (exact) mass is 477 g/mol. The molecular weight excluding hydrogens is 449 g/mol. The highest BCUT2D eigenvalue weighted by molar-refractivity contribution is 6.06. The third kappa shape index (κ3) is 5.84. The number of rotatable bonds is 8. The second kappa shape index (κ2) is 11.1. The molecule has 0 saturated carbocycles. The molecule has 7 nitrogen and oxygen atoms in total. The molecule has 2 aromatic carbocycles. The summed E-state index contributed by atoms with van der Waals surface area (Å²) < 4.78 is 19.3. The summed E-state index contributed by atoms with van der Waals surface area (Å²) in [6, 6.07) is 16.0. The van der Waals surface area contributed by atoms with Crippen molar-refractivity contribution in [2.75, 3.05) is 38.2 Å². The van der Waals surface area contributed by atoms with Crippen LogP contribution < -0.4 is 14.4 Å². The van der Waals surface area contributed by atoms with E-state index >= 15 is 0 Å². The summed E-state index contributed by atoms with van der Waals surface area (Å²) in [4.78, 5) is 30.1. The fraction of sp³-hybridized carbons (Fsp3) is 0.296. The number of ether oxygens (including phenoxy) is 1. The van der Waals surface area contributed by atoms with Crippen LogP contribution in [0.2, 0.25) is 0 Å². The van der Waals surface area contributed by atoms with Crippen molar-refractivity contribution in [3.63, 3.8) is 0 Å². The van der Waals surface area contributed by atoms with E-state index in [4.69, 9.17) is 4.74 Å². The zero-order chi connectivity index (χ0) is 24.8. The number of piperidine rings is 1. The van der Waals surface area contributed by atoms with Crippen LogP contribution >= 0.6 is 0 Å². The van der Waals surface area contributed by atoms with Gasteiger partial charge in [0.15, 0.2) is 18.2 Å². The quantitative estimate of drug-likeness (QED) is 0.281. The van der Waals surface area contributed by atoms with Gasteiger partial charge in [0.05, 0.1) is 18.4 Å². The summed E-state index contributed by atoms with van der Waals surface area (Å²) in [7, 11) is 1.56. The zero-order valence-corrected chi connectivity index (χ0v) is 19.6. The molecular formula is C27H28FN3O4. The highest BCUT2D eigenvalue weighted by atomic mass is 19.1. The summed E-state index contributed by atoms with van der Waals surface area (Å²) in [6.45, 7) is 2.50. The fourth-order valence-electron chi connectivity index (χ4n) is 4.41. The van der Waals surface area contributed by atoms with Crippen molar-refractivity contribution < 1.29 is 23.4 Å². The lowest BCUT2D eigenvalue weighted by Gasteiger charge is -2.33. The van der Waals surface area contributed by atoms with E-state index in [0.29, 0.717) is 53.2 Å². The van der Waals surface area contributed by atoms with Gasteiger partial charge in [-0.25, -0.2) is 4.39 Å². The molecule has 1 saturated heterocycles. The third-order valence-electron chi connectivity index (χ3n) is 6.40. The standard InChI is InChI=1S/C27H28FN3O4/c1-35-25-5-3-2-4-24(25)31(27(33)22-12-16-30(34)17-13-22)19-18-29-14-10-21(11-15-29)26(32)20-6-8-23(28)9-7-20/h2-9,12-13,16-17,21H,10-11,14-15,18-19H2,1H3. The predicted molar refractivity (Wildman–Crippen MR) is 130 cm³/mol. The molecule has 3 aromatic rings. The number of aromatic nitrogens is 1. The molecule has 1 aliphatic heterocycles. The van der Waals surface area contributed by atoms with E-state index in [2.05, 4.69) is 4.90 Å². The minimum Gasteiger partial charge on any atom is -0.619 e. The molecule has 35 heavy (non-hydrogen) atoms. The molecule has 0 aliphatic carbocycles. The number of hydrogen-bond donors (Lipinski definition) is 0. The average molecular weight is 478 g/mol. The number of likely N-dealkylation sites (tertiary alicyclic amines) is 1. The molecule has 1 fully saturated rings. The Kier molecular flexibility index (Phi) is 7.72. The minimum absolute atomic E-state index is 0.0511. The van der Waals surface area contributed by atoms with Gasteiger partial charge >= 0.3 is 0 Å². The van der Waals surface area contributed by atoms with Crippen LogP contribution in [-0.4, -0.2) is 49.9 Å². The molecule has 1 aliphatic rings. The molecule has 2 heterocycles. The van der Waals surface area contributed by atoms with Crippen molar-refractivity contribution in [3.05, 3.63) is 95.2 Å². The van der Waals surface area contributed by atoms with Crippen molar-refractivity contribution >= 4 is 17.4 Å². The van der Waals surface area contributed by atoms with Gasteiger partial charge < -0.3 is 19.7 Å². The molecule has 0 spiro atoms. The first-order valence-corrected chi connectivity index (χ1v) is 11.6. The largest absolute Gasteiger partial charge is 0.619 e. The first-order chi connectivity index (χ1) is 17.0. The highest BCUT2D eigenvalue weighted by Crippen LogP contribution is 2.29. The normalized spacial score (nSPS) is 14.5. The van der Waals surface area contributed by atoms with Crippen LogP contribution in [0.4, 0.5) is 10.1 Å². The minimum atomic E-state index is -0.353. The van der Waals surface area contributed by atoms with E-state index in [1.54, 1.807) is 30.2 Å². The number of ketones is 1. The van der Waals surface area contributed by atoms with Crippen molar-refractivity contribution in [2.45, 2.75) is 12.8 Å². The average Bonchev–Trinajstić information content (AvgIpc) is 2.89. The van der Waals surface area contributed by atoms with Gasteiger partial charge in [0.2, 0.25) is 0 Å². The maximum Gasteiger partial charge on any atom is 0.258 e. The van der Waals surface area contributed by atoms with Crippen LogP contribution in [0, 0.1) is 16.9 Å². The van der Waals surface area contributed by atoms with Gasteiger partial charge in [-0.1, -0.05) is 12.1 Å². The number of pyridine rings is 1. The molecule has 0 atom stereocenters. The maximum absolute atomic E-state index is 13.4. The summed E-state index contributed by atoms with van der Waals surface area (Å²) in [6.07, 6.45) is 4.02. The Morgan fingerprint density at radius 3 is 2.34 bits per heavy atom. The van der Waals surface area contributed by atoms with Crippen molar-refractivity contribution in [2.24, 2.45) is 5.92 Å². The molecule has 4 rings (SSSR count). The van der Waals surface area contributed by atoms with Crippen molar-refractivity contribution in [3.8, 4) is 5.75 Å². The van der Waals surface area contributed by atoms with E-state index in [1.165, 1.54) is 36.7 Å². The summed E-state index contributed by atoms with van der Waals surface area (Å²) in [5.74, 6) is -0.0362. The molecule has 0 unspecified atom stereocenters. The van der Waals surface area contributed by atoms with Gasteiger partial charge in [-0.3, -0.25) is 9.59 Å². The van der Waals surface area contributed by atoms with E-state index < -0.39 is 0 Å². The molecule has 1 amide bonds. The number of anilines is 1. The predicted octanol–water partition coefficient (Wildman–Crippen LogP) is 3.71. The van der Waals surface area contributed by atoms with Crippen LogP contribution in [0.25, 0.3) is 0 Å². The number of carbonyl (C=O) groups is 2. The van der Waals surface area contributed by atoms with Crippen LogP contribution in [0.15, 0.2) is 73.1 Å². The van der Waals surface area contributed by atoms with Crippen molar-refractivity contribution in [1.29, 1.82) is 0 Å². The number of hydrogen-bond acceptors (Lipinski definition) is 5. The Bertz CT molecular complexity index is 1160. The highest BCUT2D eigenvalue weighted by Gasteiger charge is 2.27. The maximum atomic E-state index is 13.4. The van der Waals surface area contributed by atoms with E-state index in [0.717, 1.165) is 13.1 Å². The number of para-hydroxylation sites is 2. The topological polar surface area (TPSA) is 76.8 Å². The second-order valence-corrected chi connectivity index (χ2v) is 8.56. The van der Waals surface area contributed by atoms with Crippen LogP contribution in [0.5, 0.6) is 5.75 Å². The van der Waals surface area contributed by atoms with Gasteiger partial charge in [-0.05, 0) is 62.3 Å². The number of benzene rings is 2. The van der Waals surface area contributed by atoms with Gasteiger partial charge in [0, 0.05) is 36.7 Å². The third-order valence-corrected chi connectivity index (χ3v) is 6.40. The number of amides is 1. The second-order valence-electron chi connectivity index (χ2n) is 8.56. The van der Waals surface area contributed by atoms with E-state index in [-0.39, 0.29) is 23.4 Å². The van der Waals surface area contributed by atoms with Crippen LogP contribution in [-0.2, 0) is 0 Å². The number of carbonyl (C=O) groups excluding carboxylic acids is 2. The molecule has 0 bridgehead atoms. The van der Waals surface area contributed by atoms with Crippen LogP contribution in [0.3, 0.4) is 0 Å². The van der Waals surface area contributed by atoms with Crippen molar-refractivity contribution in [1.82, 2.24) is 4.90 Å². The summed E-state index contributed by atoms with van der Waals surface area (Å²) in [5.41, 5.74) is 1.60. The SMILES string of the molecule is COc1ccccc1N(CCN1CCC(C(=O)c2ccc(F)cc2)CC1)C(=O)c1cc[n+]([O-])cc1. The fourth-order valence-corrected chi connectivity index (χ4v) is 4.41. The molecule has 8 heteroatoms. The zero-order valence-electron chi connectivity index (χ0n) is 19.6.